The van der Waals surface area contributed by atoms with Crippen molar-refractivity contribution in [2.24, 2.45) is 0 Å². The summed E-state index contributed by atoms with van der Waals surface area (Å²) in [5.74, 6) is 0.597. The molecule has 1 saturated heterocycles. The standard InChI is InChI=1S/C14H23N5O/c1-4-19-7-5-6-11(19)10-18(3)14(20)12-8-17-13(15-2)9-16-12/h8-9,11H,4-7,10H2,1-3H3,(H,15,17). The van der Waals surface area contributed by atoms with Crippen molar-refractivity contribution in [1.82, 2.24) is 19.8 Å². The van der Waals surface area contributed by atoms with E-state index in [0.29, 0.717) is 17.6 Å². The molecule has 1 aromatic heterocycles. The van der Waals surface area contributed by atoms with Crippen LogP contribution < -0.4 is 5.32 Å². The number of rotatable bonds is 5. The highest BCUT2D eigenvalue weighted by Gasteiger charge is 2.26. The summed E-state index contributed by atoms with van der Waals surface area (Å²) >= 11 is 0. The molecule has 2 heterocycles. The Morgan fingerprint density at radius 2 is 2.30 bits per heavy atom. The molecule has 1 aromatic rings. The van der Waals surface area contributed by atoms with Gasteiger partial charge in [-0.05, 0) is 25.9 Å². The molecule has 6 nitrogen and oxygen atoms in total. The van der Waals surface area contributed by atoms with E-state index in [4.69, 9.17) is 0 Å². The van der Waals surface area contributed by atoms with Gasteiger partial charge in [-0.2, -0.15) is 0 Å². The number of nitrogens with zero attached hydrogens (tertiary/aromatic N) is 4. The monoisotopic (exact) mass is 277 g/mol. The van der Waals surface area contributed by atoms with Crippen molar-refractivity contribution >= 4 is 11.7 Å². The van der Waals surface area contributed by atoms with Gasteiger partial charge in [-0.15, -0.1) is 0 Å². The first-order chi connectivity index (χ1) is 9.65. The molecule has 1 atom stereocenters. The van der Waals surface area contributed by atoms with E-state index in [1.807, 2.05) is 7.05 Å². The van der Waals surface area contributed by atoms with Gasteiger partial charge in [0.1, 0.15) is 11.5 Å². The van der Waals surface area contributed by atoms with Crippen molar-refractivity contribution < 1.29 is 4.79 Å². The largest absolute Gasteiger partial charge is 0.372 e. The minimum absolute atomic E-state index is 0.0666. The fourth-order valence-corrected chi connectivity index (χ4v) is 2.68. The molecule has 110 valence electrons. The van der Waals surface area contributed by atoms with Gasteiger partial charge < -0.3 is 10.2 Å². The quantitative estimate of drug-likeness (QED) is 0.872. The van der Waals surface area contributed by atoms with Crippen LogP contribution in [0.3, 0.4) is 0 Å². The van der Waals surface area contributed by atoms with E-state index in [1.54, 1.807) is 18.1 Å². The second kappa shape index (κ2) is 6.65. The molecule has 6 heteroatoms. The zero-order chi connectivity index (χ0) is 14.5. The van der Waals surface area contributed by atoms with Gasteiger partial charge in [0.2, 0.25) is 0 Å². The molecule has 0 bridgehead atoms. The number of hydrogen-bond acceptors (Lipinski definition) is 5. The first-order valence-corrected chi connectivity index (χ1v) is 7.15. The average molecular weight is 277 g/mol. The number of carbonyl (C=O) groups excluding carboxylic acids is 1. The van der Waals surface area contributed by atoms with Crippen LogP contribution in [0.1, 0.15) is 30.3 Å². The van der Waals surface area contributed by atoms with Gasteiger partial charge >= 0.3 is 0 Å². The van der Waals surface area contributed by atoms with Crippen molar-refractivity contribution in [1.29, 1.82) is 0 Å². The first-order valence-electron chi connectivity index (χ1n) is 7.15. The molecule has 1 N–H and O–H groups in total. The van der Waals surface area contributed by atoms with E-state index in [9.17, 15) is 4.79 Å². The summed E-state index contributed by atoms with van der Waals surface area (Å²) in [5.41, 5.74) is 0.396. The van der Waals surface area contributed by atoms with Crippen LogP contribution in [0.15, 0.2) is 12.4 Å². The molecule has 1 aliphatic heterocycles. The minimum atomic E-state index is -0.0666. The number of likely N-dealkylation sites (N-methyl/N-ethyl adjacent to an activating group) is 2. The number of nitrogens with one attached hydrogen (secondary N) is 1. The van der Waals surface area contributed by atoms with Gasteiger partial charge in [0.15, 0.2) is 0 Å². The Morgan fingerprint density at radius 3 is 2.90 bits per heavy atom. The van der Waals surface area contributed by atoms with Gasteiger partial charge in [-0.1, -0.05) is 6.92 Å². The van der Waals surface area contributed by atoms with Crippen LogP contribution in [0.4, 0.5) is 5.82 Å². The fourth-order valence-electron chi connectivity index (χ4n) is 2.68. The van der Waals surface area contributed by atoms with Crippen LogP contribution in [0.25, 0.3) is 0 Å². The summed E-state index contributed by atoms with van der Waals surface area (Å²) in [6.45, 7) is 5.10. The summed E-state index contributed by atoms with van der Waals surface area (Å²) in [7, 11) is 3.61. The highest BCUT2D eigenvalue weighted by atomic mass is 16.2. The molecule has 1 fully saturated rings. The molecule has 1 unspecified atom stereocenters. The zero-order valence-electron chi connectivity index (χ0n) is 12.5. The van der Waals surface area contributed by atoms with Crippen molar-refractivity contribution in [3.63, 3.8) is 0 Å². The van der Waals surface area contributed by atoms with Gasteiger partial charge in [0, 0.05) is 26.7 Å². The van der Waals surface area contributed by atoms with Crippen LogP contribution in [-0.4, -0.2) is 65.4 Å². The van der Waals surface area contributed by atoms with E-state index in [1.165, 1.54) is 12.6 Å². The zero-order valence-corrected chi connectivity index (χ0v) is 12.5. The van der Waals surface area contributed by atoms with Crippen molar-refractivity contribution in [2.75, 3.05) is 39.0 Å². The minimum Gasteiger partial charge on any atom is -0.372 e. The summed E-state index contributed by atoms with van der Waals surface area (Å²) in [5, 5.41) is 2.89. The Bertz CT molecular complexity index is 447. The first kappa shape index (κ1) is 14.7. The van der Waals surface area contributed by atoms with Crippen LogP contribution in [0, 0.1) is 0 Å². The normalized spacial score (nSPS) is 19.1. The average Bonchev–Trinajstić information content (AvgIpc) is 2.93. The van der Waals surface area contributed by atoms with Crippen molar-refractivity contribution in [3.8, 4) is 0 Å². The number of likely N-dealkylation sites (tertiary alicyclic amines) is 1. The summed E-state index contributed by atoms with van der Waals surface area (Å²) in [4.78, 5) is 24.8. The molecule has 0 radical (unpaired) electrons. The Hall–Kier alpha value is -1.69. The number of hydrogen-bond donors (Lipinski definition) is 1. The van der Waals surface area contributed by atoms with E-state index in [-0.39, 0.29) is 5.91 Å². The van der Waals surface area contributed by atoms with Gasteiger partial charge in [0.05, 0.1) is 12.4 Å². The molecule has 0 aliphatic carbocycles. The van der Waals surface area contributed by atoms with Gasteiger partial charge in [-0.25, -0.2) is 9.97 Å². The SMILES string of the molecule is CCN1CCCC1CN(C)C(=O)c1cnc(NC)cn1. The molecule has 1 amide bonds. The lowest BCUT2D eigenvalue weighted by Gasteiger charge is -2.27. The van der Waals surface area contributed by atoms with E-state index in [2.05, 4.69) is 27.1 Å². The maximum Gasteiger partial charge on any atom is 0.273 e. The van der Waals surface area contributed by atoms with Crippen molar-refractivity contribution in [2.45, 2.75) is 25.8 Å². The predicted octanol–water partition coefficient (Wildman–Crippen LogP) is 1.07. The Morgan fingerprint density at radius 1 is 1.50 bits per heavy atom. The van der Waals surface area contributed by atoms with Crippen LogP contribution in [0.2, 0.25) is 0 Å². The van der Waals surface area contributed by atoms with E-state index >= 15 is 0 Å². The van der Waals surface area contributed by atoms with Crippen molar-refractivity contribution in [3.05, 3.63) is 18.1 Å². The second-order valence-corrected chi connectivity index (χ2v) is 5.15. The third kappa shape index (κ3) is 3.25. The summed E-state index contributed by atoms with van der Waals surface area (Å²) in [6.07, 6.45) is 5.49. The van der Waals surface area contributed by atoms with Crippen LogP contribution in [0.5, 0.6) is 0 Å². The molecular weight excluding hydrogens is 254 g/mol. The highest BCUT2D eigenvalue weighted by Crippen LogP contribution is 2.17. The maximum atomic E-state index is 12.3. The lowest BCUT2D eigenvalue weighted by molar-refractivity contribution is 0.0748. The summed E-state index contributed by atoms with van der Waals surface area (Å²) < 4.78 is 0. The molecular formula is C14H23N5O. The molecule has 1 aliphatic rings. The Kier molecular flexibility index (Phi) is 4.89. The second-order valence-electron chi connectivity index (χ2n) is 5.15. The number of carbonyl (C=O) groups is 1. The topological polar surface area (TPSA) is 61.4 Å². The number of amides is 1. The Balaban J connectivity index is 1.97. The summed E-state index contributed by atoms with van der Waals surface area (Å²) in [6, 6.07) is 0.471. The van der Waals surface area contributed by atoms with Gasteiger partial charge in [-0.3, -0.25) is 9.69 Å². The lowest BCUT2D eigenvalue weighted by Crippen LogP contribution is -2.41. The fraction of sp³-hybridized carbons (Fsp3) is 0.643. The lowest BCUT2D eigenvalue weighted by atomic mass is 10.2. The third-order valence-electron chi connectivity index (χ3n) is 3.86. The molecule has 20 heavy (non-hydrogen) atoms. The molecule has 0 saturated carbocycles. The molecule has 0 aromatic carbocycles. The number of aromatic nitrogens is 2. The third-order valence-corrected chi connectivity index (χ3v) is 3.86. The molecule has 0 spiro atoms. The maximum absolute atomic E-state index is 12.3. The predicted molar refractivity (Wildman–Crippen MR) is 78.8 cm³/mol. The van der Waals surface area contributed by atoms with Crippen LogP contribution >= 0.6 is 0 Å². The molecule has 2 rings (SSSR count). The smallest absolute Gasteiger partial charge is 0.273 e. The highest BCUT2D eigenvalue weighted by molar-refractivity contribution is 5.91. The van der Waals surface area contributed by atoms with Gasteiger partial charge in [0.25, 0.3) is 5.91 Å². The Labute approximate surface area is 120 Å². The van der Waals surface area contributed by atoms with Crippen LogP contribution in [-0.2, 0) is 0 Å². The number of anilines is 1. The van der Waals surface area contributed by atoms with E-state index < -0.39 is 0 Å². The van der Waals surface area contributed by atoms with E-state index in [0.717, 1.165) is 26.1 Å².